The van der Waals surface area contributed by atoms with Crippen LogP contribution in [0, 0.1) is 0 Å². The summed E-state index contributed by atoms with van der Waals surface area (Å²) in [5.74, 6) is 0.416. The number of nitrogens with zero attached hydrogens (tertiary/aromatic N) is 2. The Balaban J connectivity index is 1.86. The predicted octanol–water partition coefficient (Wildman–Crippen LogP) is 0.753. The highest BCUT2D eigenvalue weighted by atomic mass is 32.2. The van der Waals surface area contributed by atoms with Crippen LogP contribution in [-0.4, -0.2) is 33.1 Å². The number of carbonyl (C=O) groups is 2. The molecule has 0 unspecified atom stereocenters. The lowest BCUT2D eigenvalue weighted by molar-refractivity contribution is -0.670. The molecule has 0 saturated carbocycles. The van der Waals surface area contributed by atoms with E-state index in [4.69, 9.17) is 18.4 Å². The second-order valence-electron chi connectivity index (χ2n) is 5.59. The number of thioether (sulfide) groups is 1. The predicted molar refractivity (Wildman–Crippen MR) is 93.4 cm³/mol. The summed E-state index contributed by atoms with van der Waals surface area (Å²) in [5, 5.41) is 0.458. The van der Waals surface area contributed by atoms with E-state index >= 15 is 0 Å². The Morgan fingerprint density at radius 1 is 1.52 bits per heavy atom. The number of thiophene rings is 1. The summed E-state index contributed by atoms with van der Waals surface area (Å²) < 4.78 is 3.12. The van der Waals surface area contributed by atoms with Crippen LogP contribution in [0.5, 0.6) is 0 Å². The molecule has 2 atom stereocenters. The maximum Gasteiger partial charge on any atom is 0.248 e. The average Bonchev–Trinajstić information content (AvgIpc) is 2.95. The van der Waals surface area contributed by atoms with E-state index in [1.165, 1.54) is 4.90 Å². The Morgan fingerprint density at radius 3 is 3.04 bits per heavy atom. The van der Waals surface area contributed by atoms with E-state index in [0.717, 1.165) is 20.5 Å². The van der Waals surface area contributed by atoms with Gasteiger partial charge in [-0.3, -0.25) is 9.69 Å². The van der Waals surface area contributed by atoms with Gasteiger partial charge in [0, 0.05) is 27.7 Å². The molecule has 2 aliphatic rings. The Morgan fingerprint density at radius 2 is 2.30 bits per heavy atom. The lowest BCUT2D eigenvalue weighted by Gasteiger charge is -2.49. The van der Waals surface area contributed by atoms with E-state index in [1.54, 1.807) is 23.1 Å². The SMILES string of the molecule is C[n+]1ccc2cc(C3=C(C(=O)[S-])N4C(=O)[C@@H](N)[C@H]4SC3)sc2c1. The molecule has 2 N–H and O–H groups in total. The molecule has 0 spiro atoms. The number of pyridine rings is 1. The quantitative estimate of drug-likeness (QED) is 0.485. The first-order valence-electron chi connectivity index (χ1n) is 7.01. The number of fused-ring (bicyclic) bond motifs is 2. The van der Waals surface area contributed by atoms with Gasteiger partial charge in [-0.05, 0) is 6.07 Å². The van der Waals surface area contributed by atoms with Gasteiger partial charge in [-0.15, -0.1) is 23.1 Å². The van der Waals surface area contributed by atoms with Crippen molar-refractivity contribution in [2.24, 2.45) is 12.8 Å². The summed E-state index contributed by atoms with van der Waals surface area (Å²) in [7, 11) is 1.97. The fourth-order valence-corrected chi connectivity index (χ4v) is 5.72. The van der Waals surface area contributed by atoms with E-state index < -0.39 is 11.2 Å². The second-order valence-corrected chi connectivity index (χ2v) is 8.15. The van der Waals surface area contributed by atoms with Crippen LogP contribution >= 0.6 is 23.1 Å². The highest BCUT2D eigenvalue weighted by molar-refractivity contribution is 8.00. The van der Waals surface area contributed by atoms with Crippen molar-refractivity contribution in [3.63, 3.8) is 0 Å². The molecule has 2 aromatic rings. The molecule has 118 valence electrons. The number of hydrogen-bond acceptors (Lipinski definition) is 6. The minimum atomic E-state index is -0.535. The molecule has 23 heavy (non-hydrogen) atoms. The van der Waals surface area contributed by atoms with Crippen LogP contribution in [0.1, 0.15) is 4.88 Å². The molecule has 1 saturated heterocycles. The van der Waals surface area contributed by atoms with Crippen molar-refractivity contribution in [2.45, 2.75) is 11.4 Å². The second kappa shape index (κ2) is 5.27. The molecule has 0 aliphatic carbocycles. The maximum atomic E-state index is 12.1. The normalized spacial score (nSPS) is 23.9. The molecule has 1 amide bonds. The number of amides is 1. The molecule has 0 aromatic carbocycles. The van der Waals surface area contributed by atoms with Crippen LogP contribution in [0.2, 0.25) is 0 Å². The number of rotatable bonds is 2. The molecule has 2 aromatic heterocycles. The first-order valence-corrected chi connectivity index (χ1v) is 9.28. The van der Waals surface area contributed by atoms with Crippen molar-refractivity contribution in [2.75, 3.05) is 5.75 Å². The lowest BCUT2D eigenvalue weighted by Crippen LogP contribution is -2.68. The molecule has 4 rings (SSSR count). The number of aromatic nitrogens is 1. The molecule has 2 aliphatic heterocycles. The fourth-order valence-electron chi connectivity index (χ4n) is 2.92. The zero-order valence-electron chi connectivity index (χ0n) is 12.2. The minimum absolute atomic E-state index is 0.166. The van der Waals surface area contributed by atoms with Crippen molar-refractivity contribution < 1.29 is 14.2 Å². The van der Waals surface area contributed by atoms with Gasteiger partial charge in [-0.25, -0.2) is 4.57 Å². The van der Waals surface area contributed by atoms with Gasteiger partial charge in [0.1, 0.15) is 18.5 Å². The highest BCUT2D eigenvalue weighted by Crippen LogP contribution is 2.44. The maximum absolute atomic E-state index is 12.1. The van der Waals surface area contributed by atoms with Crippen LogP contribution in [0.3, 0.4) is 0 Å². The lowest BCUT2D eigenvalue weighted by atomic mass is 10.0. The van der Waals surface area contributed by atoms with E-state index in [0.29, 0.717) is 11.4 Å². The monoisotopic (exact) mass is 363 g/mol. The highest BCUT2D eigenvalue weighted by Gasteiger charge is 2.50. The van der Waals surface area contributed by atoms with Crippen molar-refractivity contribution in [3.8, 4) is 0 Å². The minimum Gasteiger partial charge on any atom is -0.735 e. The summed E-state index contributed by atoms with van der Waals surface area (Å²) in [6.45, 7) is 0. The third-order valence-electron chi connectivity index (χ3n) is 4.10. The van der Waals surface area contributed by atoms with Gasteiger partial charge in [-0.1, -0.05) is 0 Å². The summed E-state index contributed by atoms with van der Waals surface area (Å²) >= 11 is 8.09. The van der Waals surface area contributed by atoms with Gasteiger partial charge in [-0.2, -0.15) is 0 Å². The summed E-state index contributed by atoms with van der Waals surface area (Å²) in [4.78, 5) is 26.5. The van der Waals surface area contributed by atoms with Crippen LogP contribution in [0.4, 0.5) is 0 Å². The van der Waals surface area contributed by atoms with Gasteiger partial charge in [0.05, 0.1) is 15.5 Å². The Bertz CT molecular complexity index is 889. The molecule has 5 nitrogen and oxygen atoms in total. The first kappa shape index (κ1) is 15.1. The number of carbonyl (C=O) groups excluding carboxylic acids is 2. The van der Waals surface area contributed by atoms with E-state index in [-0.39, 0.29) is 11.3 Å². The van der Waals surface area contributed by atoms with Gasteiger partial charge in [0.2, 0.25) is 5.91 Å². The van der Waals surface area contributed by atoms with Gasteiger partial charge < -0.3 is 23.2 Å². The van der Waals surface area contributed by atoms with E-state index in [9.17, 15) is 9.59 Å². The molecular formula is C15H13N3O2S3. The summed E-state index contributed by atoms with van der Waals surface area (Å²) in [6.07, 6.45) is 4.03. The van der Waals surface area contributed by atoms with Crippen LogP contribution in [-0.2, 0) is 29.3 Å². The van der Waals surface area contributed by atoms with Crippen molar-refractivity contribution in [1.82, 2.24) is 4.90 Å². The third-order valence-corrected chi connectivity index (χ3v) is 6.74. The fraction of sp³-hybridized carbons (Fsp3) is 0.267. The van der Waals surface area contributed by atoms with E-state index in [1.807, 2.05) is 30.1 Å². The largest absolute Gasteiger partial charge is 0.735 e. The number of nitrogens with two attached hydrogens (primary N) is 1. The Labute approximate surface area is 146 Å². The van der Waals surface area contributed by atoms with Gasteiger partial charge in [0.25, 0.3) is 0 Å². The Hall–Kier alpha value is -1.48. The van der Waals surface area contributed by atoms with Crippen LogP contribution < -0.4 is 10.3 Å². The first-order chi connectivity index (χ1) is 11.0. The van der Waals surface area contributed by atoms with Gasteiger partial charge in [0.15, 0.2) is 12.4 Å². The molecule has 0 radical (unpaired) electrons. The van der Waals surface area contributed by atoms with Crippen molar-refractivity contribution >= 4 is 62.4 Å². The number of β-lactam (4-membered cyclic amide) rings is 1. The topological polar surface area (TPSA) is 67.3 Å². The smallest absolute Gasteiger partial charge is 0.248 e. The molecular weight excluding hydrogens is 350 g/mol. The molecule has 0 bridgehead atoms. The molecule has 8 heteroatoms. The third kappa shape index (κ3) is 2.20. The summed E-state index contributed by atoms with van der Waals surface area (Å²) in [5.41, 5.74) is 7.00. The standard InChI is InChI=1S/C15H13N3O2S3/c1-17-3-2-7-4-9(23-10(7)5-17)8-6-22-14-11(16)13(19)18(14)12(8)15(20)21/h2-5,11,14H,6,16H2,1H3/t11-,14-/m1/s1. The van der Waals surface area contributed by atoms with Gasteiger partial charge >= 0.3 is 0 Å². The average molecular weight is 363 g/mol. The summed E-state index contributed by atoms with van der Waals surface area (Å²) in [6, 6.07) is 3.56. The van der Waals surface area contributed by atoms with Crippen LogP contribution in [0.25, 0.3) is 15.7 Å². The molecule has 1 fully saturated rings. The van der Waals surface area contributed by atoms with Crippen molar-refractivity contribution in [1.29, 1.82) is 0 Å². The number of aryl methyl sites for hydroxylation is 1. The Kier molecular flexibility index (Phi) is 3.45. The van der Waals surface area contributed by atoms with Crippen molar-refractivity contribution in [3.05, 3.63) is 35.1 Å². The van der Waals surface area contributed by atoms with E-state index in [2.05, 4.69) is 6.07 Å². The zero-order chi connectivity index (χ0) is 16.3. The molecule has 4 heterocycles. The number of hydrogen-bond donors (Lipinski definition) is 1. The van der Waals surface area contributed by atoms with Crippen LogP contribution in [0.15, 0.2) is 30.2 Å². The zero-order valence-corrected chi connectivity index (χ0v) is 14.6.